The van der Waals surface area contributed by atoms with Crippen molar-refractivity contribution in [3.8, 4) is 11.1 Å². The van der Waals surface area contributed by atoms with Crippen molar-refractivity contribution in [1.82, 2.24) is 14.4 Å². The van der Waals surface area contributed by atoms with Crippen molar-refractivity contribution < 1.29 is 0 Å². The molecule has 39 heavy (non-hydrogen) atoms. The van der Waals surface area contributed by atoms with Crippen molar-refractivity contribution >= 4 is 70.8 Å². The first-order valence-electron chi connectivity index (χ1n) is 13.3. The van der Waals surface area contributed by atoms with Crippen LogP contribution in [0.5, 0.6) is 0 Å². The molecule has 0 aliphatic carbocycles. The Hall–Kier alpha value is -5.28. The molecule has 0 aliphatic rings. The highest BCUT2D eigenvalue weighted by Gasteiger charge is 2.17. The van der Waals surface area contributed by atoms with Gasteiger partial charge in [-0.05, 0) is 68.4 Å². The topological polar surface area (TPSA) is 30.2 Å². The van der Waals surface area contributed by atoms with Crippen LogP contribution in [0.1, 0.15) is 0 Å². The number of hydrogen-bond donors (Lipinski definition) is 0. The molecular formula is C36H21N3. The first-order valence-corrected chi connectivity index (χ1v) is 13.3. The largest absolute Gasteiger partial charge is 0.292 e. The molecule has 0 saturated carbocycles. The minimum Gasteiger partial charge on any atom is -0.292 e. The summed E-state index contributed by atoms with van der Waals surface area (Å²) in [5.41, 5.74) is 7.61. The molecule has 0 amide bonds. The van der Waals surface area contributed by atoms with Crippen LogP contribution < -0.4 is 0 Å². The first kappa shape index (κ1) is 20.7. The number of benzene rings is 6. The summed E-state index contributed by atoms with van der Waals surface area (Å²) in [6.07, 6.45) is 1.87. The van der Waals surface area contributed by atoms with E-state index in [-0.39, 0.29) is 0 Å². The summed E-state index contributed by atoms with van der Waals surface area (Å²) >= 11 is 0. The maximum absolute atomic E-state index is 5.16. The van der Waals surface area contributed by atoms with Gasteiger partial charge in [0.05, 0.1) is 27.5 Å². The highest BCUT2D eigenvalue weighted by Crippen LogP contribution is 2.40. The van der Waals surface area contributed by atoms with Crippen molar-refractivity contribution in [3.63, 3.8) is 0 Å². The molecule has 0 N–H and O–H groups in total. The molecule has 0 bridgehead atoms. The van der Waals surface area contributed by atoms with Crippen molar-refractivity contribution in [3.05, 3.63) is 128 Å². The quantitative estimate of drug-likeness (QED) is 0.212. The number of para-hydroxylation sites is 2. The van der Waals surface area contributed by atoms with E-state index in [4.69, 9.17) is 9.97 Å². The van der Waals surface area contributed by atoms with E-state index < -0.39 is 0 Å². The van der Waals surface area contributed by atoms with Crippen LogP contribution in [0.3, 0.4) is 0 Å². The van der Waals surface area contributed by atoms with Gasteiger partial charge in [-0.1, -0.05) is 91.0 Å². The second kappa shape index (κ2) is 7.62. The molecule has 0 unspecified atom stereocenters. The molecular weight excluding hydrogens is 474 g/mol. The number of hydrogen-bond acceptors (Lipinski definition) is 2. The summed E-state index contributed by atoms with van der Waals surface area (Å²) in [5.74, 6) is 0. The van der Waals surface area contributed by atoms with Crippen LogP contribution in [0.2, 0.25) is 0 Å². The van der Waals surface area contributed by atoms with Gasteiger partial charge in [0.15, 0.2) is 0 Å². The summed E-state index contributed by atoms with van der Waals surface area (Å²) in [7, 11) is 0. The Morgan fingerprint density at radius 2 is 1.28 bits per heavy atom. The molecule has 3 heteroatoms. The van der Waals surface area contributed by atoms with E-state index in [1.54, 1.807) is 0 Å². The lowest BCUT2D eigenvalue weighted by atomic mass is 9.92. The second-order valence-corrected chi connectivity index (χ2v) is 10.2. The lowest BCUT2D eigenvalue weighted by molar-refractivity contribution is 1.31. The van der Waals surface area contributed by atoms with Gasteiger partial charge in [0.1, 0.15) is 5.65 Å². The van der Waals surface area contributed by atoms with Crippen molar-refractivity contribution in [2.24, 2.45) is 0 Å². The summed E-state index contributed by atoms with van der Waals surface area (Å²) in [5, 5.41) is 9.67. The third kappa shape index (κ3) is 2.82. The van der Waals surface area contributed by atoms with Gasteiger partial charge in [-0.25, -0.2) is 4.98 Å². The maximum Gasteiger partial charge on any atom is 0.148 e. The molecule has 3 aromatic heterocycles. The molecule has 3 heterocycles. The SMILES string of the molecule is c1ccc2c(c1)cc(-c1ccc3c4ccc5cccnc5c4c4nc5ccccc5n4c3c1)c1ccccc12. The summed E-state index contributed by atoms with van der Waals surface area (Å²) in [6.45, 7) is 0. The van der Waals surface area contributed by atoms with Gasteiger partial charge in [0, 0.05) is 17.0 Å². The fourth-order valence-electron chi connectivity index (χ4n) is 6.44. The van der Waals surface area contributed by atoms with Crippen LogP contribution >= 0.6 is 0 Å². The lowest BCUT2D eigenvalue weighted by Crippen LogP contribution is -1.94. The smallest absolute Gasteiger partial charge is 0.148 e. The van der Waals surface area contributed by atoms with Crippen LogP contribution in [0, 0.1) is 0 Å². The van der Waals surface area contributed by atoms with E-state index in [1.807, 2.05) is 12.3 Å². The number of rotatable bonds is 1. The van der Waals surface area contributed by atoms with Crippen LogP contribution in [-0.2, 0) is 0 Å². The molecule has 0 fully saturated rings. The summed E-state index contributed by atoms with van der Waals surface area (Å²) < 4.78 is 2.33. The van der Waals surface area contributed by atoms with E-state index in [1.165, 1.54) is 43.4 Å². The number of nitrogens with zero attached hydrogens (tertiary/aromatic N) is 3. The van der Waals surface area contributed by atoms with E-state index in [0.717, 1.165) is 38.5 Å². The van der Waals surface area contributed by atoms with E-state index in [0.29, 0.717) is 0 Å². The highest BCUT2D eigenvalue weighted by molar-refractivity contribution is 6.23. The fourth-order valence-corrected chi connectivity index (χ4v) is 6.44. The molecule has 0 radical (unpaired) electrons. The number of pyridine rings is 2. The third-order valence-corrected chi connectivity index (χ3v) is 8.17. The van der Waals surface area contributed by atoms with Crippen LogP contribution in [-0.4, -0.2) is 14.4 Å². The fraction of sp³-hybridized carbons (Fsp3) is 0. The van der Waals surface area contributed by atoms with Crippen molar-refractivity contribution in [1.29, 1.82) is 0 Å². The molecule has 3 nitrogen and oxygen atoms in total. The van der Waals surface area contributed by atoms with Crippen molar-refractivity contribution in [2.75, 3.05) is 0 Å². The normalized spacial score (nSPS) is 12.1. The predicted octanol–water partition coefficient (Wildman–Crippen LogP) is 9.32. The molecule has 0 atom stereocenters. The second-order valence-electron chi connectivity index (χ2n) is 10.2. The van der Waals surface area contributed by atoms with E-state index in [2.05, 4.69) is 120 Å². The van der Waals surface area contributed by atoms with E-state index >= 15 is 0 Å². The maximum atomic E-state index is 5.16. The standard InChI is InChI=1S/C36H21N3/c1-2-10-25-23(8-1)20-30(27-12-4-3-11-26(25)27)24-16-17-28-29-18-15-22-9-7-19-37-35(22)34(29)36-38-31-13-5-6-14-32(31)39(36)33(28)21-24/h1-21H. The number of fused-ring (bicyclic) bond motifs is 13. The Morgan fingerprint density at radius 1 is 0.513 bits per heavy atom. The monoisotopic (exact) mass is 495 g/mol. The molecule has 9 aromatic rings. The molecule has 9 rings (SSSR count). The predicted molar refractivity (Wildman–Crippen MR) is 163 cm³/mol. The van der Waals surface area contributed by atoms with Crippen LogP contribution in [0.15, 0.2) is 128 Å². The average Bonchev–Trinajstić information content (AvgIpc) is 3.40. The molecule has 180 valence electrons. The lowest BCUT2D eigenvalue weighted by Gasteiger charge is -2.14. The Morgan fingerprint density at radius 3 is 2.23 bits per heavy atom. The van der Waals surface area contributed by atoms with Gasteiger partial charge >= 0.3 is 0 Å². The Kier molecular flexibility index (Phi) is 4.05. The van der Waals surface area contributed by atoms with Gasteiger partial charge in [-0.15, -0.1) is 0 Å². The Balaban J connectivity index is 1.48. The van der Waals surface area contributed by atoms with Gasteiger partial charge in [0.25, 0.3) is 0 Å². The van der Waals surface area contributed by atoms with Crippen molar-refractivity contribution in [2.45, 2.75) is 0 Å². The summed E-state index contributed by atoms with van der Waals surface area (Å²) in [4.78, 5) is 9.97. The minimum atomic E-state index is 0.948. The zero-order chi connectivity index (χ0) is 25.5. The summed E-state index contributed by atoms with van der Waals surface area (Å²) in [6, 6.07) is 43.5. The number of aromatic nitrogens is 3. The highest BCUT2D eigenvalue weighted by atomic mass is 15.0. The molecule has 0 aliphatic heterocycles. The number of imidazole rings is 1. The third-order valence-electron chi connectivity index (χ3n) is 8.17. The van der Waals surface area contributed by atoms with Gasteiger partial charge in [-0.2, -0.15) is 0 Å². The van der Waals surface area contributed by atoms with Gasteiger partial charge in [-0.3, -0.25) is 9.38 Å². The average molecular weight is 496 g/mol. The van der Waals surface area contributed by atoms with Gasteiger partial charge < -0.3 is 0 Å². The Labute approximate surface area is 223 Å². The Bertz CT molecular complexity index is 2450. The molecule has 0 saturated heterocycles. The first-order chi connectivity index (χ1) is 19.3. The van der Waals surface area contributed by atoms with Crippen LogP contribution in [0.25, 0.3) is 81.9 Å². The molecule has 0 spiro atoms. The minimum absolute atomic E-state index is 0.948. The zero-order valence-electron chi connectivity index (χ0n) is 21.0. The van der Waals surface area contributed by atoms with E-state index in [9.17, 15) is 0 Å². The van der Waals surface area contributed by atoms with Gasteiger partial charge in [0.2, 0.25) is 0 Å². The zero-order valence-corrected chi connectivity index (χ0v) is 21.0. The molecule has 6 aromatic carbocycles. The van der Waals surface area contributed by atoms with Crippen LogP contribution in [0.4, 0.5) is 0 Å².